The number of aromatic nitrogens is 3. The Morgan fingerprint density at radius 1 is 1.09 bits per heavy atom. The zero-order chi connectivity index (χ0) is 46.0. The van der Waals surface area contributed by atoms with Gasteiger partial charge < -0.3 is 34.1 Å². The molecule has 4 aliphatic rings. The molecule has 7 heterocycles. The Bertz CT molecular complexity index is 2260. The van der Waals surface area contributed by atoms with Crippen molar-refractivity contribution >= 4 is 40.6 Å². The number of carbonyl (C=O) groups is 5. The lowest BCUT2D eigenvalue weighted by Crippen LogP contribution is -2.63. The number of rotatable bonds is 10. The van der Waals surface area contributed by atoms with Crippen LogP contribution < -0.4 is 10.7 Å². The van der Waals surface area contributed by atoms with E-state index in [0.29, 0.717) is 58.4 Å². The summed E-state index contributed by atoms with van der Waals surface area (Å²) >= 11 is 0. The fourth-order valence-electron chi connectivity index (χ4n) is 10.2. The number of amides is 4. The van der Waals surface area contributed by atoms with Crippen LogP contribution in [-0.4, -0.2) is 142 Å². The van der Waals surface area contributed by atoms with Crippen LogP contribution in [0, 0.1) is 17.3 Å². The number of hydrogen-bond acceptors (Lipinski definition) is 11. The Hall–Kier alpha value is -5.19. The number of likely N-dealkylation sites (N-methyl/N-ethyl adjacent to an activating group) is 1. The van der Waals surface area contributed by atoms with Crippen molar-refractivity contribution in [1.29, 1.82) is 0 Å². The van der Waals surface area contributed by atoms with Gasteiger partial charge in [-0.25, -0.2) is 10.4 Å². The van der Waals surface area contributed by atoms with Crippen LogP contribution in [0.3, 0.4) is 0 Å². The number of carbonyl (C=O) groups excluding carboxylic acids is 5. The minimum atomic E-state index is -0.986. The molecule has 16 nitrogen and oxygen atoms in total. The lowest BCUT2D eigenvalue weighted by atomic mass is 9.84. The summed E-state index contributed by atoms with van der Waals surface area (Å²) in [6, 6.07) is 3.69. The Morgan fingerprint density at radius 3 is 2.59 bits per heavy atom. The molecule has 1 unspecified atom stereocenters. The Labute approximate surface area is 377 Å². The van der Waals surface area contributed by atoms with Gasteiger partial charge in [-0.05, 0) is 99.7 Å². The average Bonchev–Trinajstić information content (AvgIpc) is 4.05. The molecule has 0 spiro atoms. The second kappa shape index (κ2) is 19.5. The second-order valence-electron chi connectivity index (χ2n) is 19.2. The number of hydrogen-bond donors (Lipinski definition) is 2. The molecular weight excluding hydrogens is 815 g/mol. The maximum atomic E-state index is 14.6. The second-order valence-corrected chi connectivity index (χ2v) is 19.2. The van der Waals surface area contributed by atoms with E-state index in [1.165, 1.54) is 16.0 Å². The standard InChI is InChI=1S/C48H67N9O7/c1-10-39(58)55-21-17-32(26-55)45(60)53(8)41(29(3)4)44(59)51-38-27-54-20-16-31(25-54)33-22-35-36(23-48(6,7)28-64-47(62)37-15-13-19-57(52-37)46(38)61)42(56(11-2)43(35)50-24-33)34-14-12-18-49-40(34)30(5)63-9/h10,12,14,18,22,24,29-32,37-38,41,52H,1,11,13,15-17,19-21,23,25-28H2,2-9H3,(H,51,59)/t30-,31+,32-,37-,38-,41-/m0/s1. The molecular formula is C48H67N9O7. The van der Waals surface area contributed by atoms with E-state index in [2.05, 4.69) is 59.7 Å². The summed E-state index contributed by atoms with van der Waals surface area (Å²) in [6.45, 7) is 19.1. The maximum absolute atomic E-state index is 14.6. The molecule has 0 aromatic carbocycles. The number of hydrazine groups is 1. The SMILES string of the molecule is C=CC(=O)N1CC[C@H](C(=O)N(C)[C@H](C(=O)N[C@H]2CN3CC[C@H](C3)c3cnc4c(c3)c(c(-c3cccnc3[C@H](C)OC)n4CC)CC(C)(C)COC(=O)[C@@H]3CCCN(N3)C2=O)C(C)C)C1. The van der Waals surface area contributed by atoms with E-state index in [0.717, 1.165) is 45.5 Å². The van der Waals surface area contributed by atoms with Crippen molar-refractivity contribution in [2.75, 3.05) is 60.0 Å². The summed E-state index contributed by atoms with van der Waals surface area (Å²) < 4.78 is 14.2. The topological polar surface area (TPSA) is 172 Å². The molecule has 6 bridgehead atoms. The van der Waals surface area contributed by atoms with Crippen LogP contribution in [0.15, 0.2) is 43.2 Å². The summed E-state index contributed by atoms with van der Waals surface area (Å²) in [7, 11) is 3.31. The van der Waals surface area contributed by atoms with Crippen molar-refractivity contribution in [3.63, 3.8) is 0 Å². The molecule has 3 aromatic rings. The number of cyclic esters (lactones) is 1. The number of pyridine rings is 2. The van der Waals surface area contributed by atoms with Gasteiger partial charge in [0.25, 0.3) is 5.91 Å². The highest BCUT2D eigenvalue weighted by molar-refractivity contribution is 5.94. The van der Waals surface area contributed by atoms with Gasteiger partial charge in [-0.3, -0.25) is 34.0 Å². The van der Waals surface area contributed by atoms with Crippen molar-refractivity contribution in [3.05, 3.63) is 60.1 Å². The van der Waals surface area contributed by atoms with E-state index in [9.17, 15) is 24.0 Å². The molecule has 3 fully saturated rings. The molecule has 7 rings (SSSR count). The first-order valence-corrected chi connectivity index (χ1v) is 23.0. The van der Waals surface area contributed by atoms with Gasteiger partial charge in [0.15, 0.2) is 0 Å². The van der Waals surface area contributed by atoms with Crippen molar-refractivity contribution < 1.29 is 33.4 Å². The van der Waals surface area contributed by atoms with Crippen molar-refractivity contribution in [1.82, 2.24) is 45.0 Å². The smallest absolute Gasteiger partial charge is 0.324 e. The molecule has 346 valence electrons. The van der Waals surface area contributed by atoms with Gasteiger partial charge in [0.05, 0.1) is 30.0 Å². The van der Waals surface area contributed by atoms with E-state index in [-0.39, 0.29) is 55.4 Å². The number of nitrogens with zero attached hydrogens (tertiary/aromatic N) is 7. The number of nitrogens with one attached hydrogen (secondary N) is 2. The van der Waals surface area contributed by atoms with Crippen LogP contribution in [0.25, 0.3) is 22.3 Å². The van der Waals surface area contributed by atoms with Gasteiger partial charge in [-0.2, -0.15) is 0 Å². The largest absolute Gasteiger partial charge is 0.464 e. The molecule has 4 aliphatic heterocycles. The predicted molar refractivity (Wildman–Crippen MR) is 242 cm³/mol. The molecule has 4 amide bonds. The molecule has 0 saturated carbocycles. The Morgan fingerprint density at radius 2 is 1.88 bits per heavy atom. The Kier molecular flexibility index (Phi) is 14.3. The number of aryl methyl sites for hydroxylation is 1. The summed E-state index contributed by atoms with van der Waals surface area (Å²) in [4.78, 5) is 84.3. The number of ether oxygens (including phenoxy) is 2. The number of likely N-dealkylation sites (tertiary alicyclic amines) is 1. The van der Waals surface area contributed by atoms with E-state index in [1.54, 1.807) is 25.3 Å². The lowest BCUT2D eigenvalue weighted by molar-refractivity contribution is -0.155. The molecule has 0 aliphatic carbocycles. The van der Waals surface area contributed by atoms with Crippen LogP contribution in [-0.2, 0) is 46.4 Å². The van der Waals surface area contributed by atoms with E-state index >= 15 is 0 Å². The number of fused-ring (bicyclic) bond motifs is 6. The summed E-state index contributed by atoms with van der Waals surface area (Å²) in [6.07, 6.45) is 7.71. The molecule has 64 heavy (non-hydrogen) atoms. The van der Waals surface area contributed by atoms with E-state index in [4.69, 9.17) is 19.4 Å². The normalized spacial score (nSPS) is 24.9. The van der Waals surface area contributed by atoms with Crippen LogP contribution in [0.4, 0.5) is 0 Å². The third-order valence-corrected chi connectivity index (χ3v) is 13.7. The first-order valence-electron chi connectivity index (χ1n) is 23.0. The zero-order valence-corrected chi connectivity index (χ0v) is 38.9. The number of methoxy groups -OCH3 is 1. The van der Waals surface area contributed by atoms with Gasteiger partial charge in [-0.15, -0.1) is 0 Å². The van der Waals surface area contributed by atoms with Crippen LogP contribution in [0.1, 0.15) is 96.1 Å². The third-order valence-electron chi connectivity index (χ3n) is 13.7. The fourth-order valence-corrected chi connectivity index (χ4v) is 10.2. The van der Waals surface area contributed by atoms with Crippen molar-refractivity contribution in [2.45, 2.75) is 110 Å². The van der Waals surface area contributed by atoms with Crippen LogP contribution in [0.2, 0.25) is 0 Å². The number of esters is 1. The van der Waals surface area contributed by atoms with Crippen molar-refractivity contribution in [2.24, 2.45) is 17.3 Å². The monoisotopic (exact) mass is 882 g/mol. The highest BCUT2D eigenvalue weighted by Gasteiger charge is 2.41. The predicted octanol–water partition coefficient (Wildman–Crippen LogP) is 4.24. The van der Waals surface area contributed by atoms with Gasteiger partial charge in [0.2, 0.25) is 17.7 Å². The summed E-state index contributed by atoms with van der Waals surface area (Å²) in [5.74, 6) is -2.33. The summed E-state index contributed by atoms with van der Waals surface area (Å²) in [5, 5.41) is 5.58. The van der Waals surface area contributed by atoms with Crippen molar-refractivity contribution in [3.8, 4) is 11.3 Å². The highest BCUT2D eigenvalue weighted by Crippen LogP contribution is 2.41. The molecule has 2 N–H and O–H groups in total. The Balaban J connectivity index is 1.23. The van der Waals surface area contributed by atoms with Gasteiger partial charge in [-0.1, -0.05) is 34.3 Å². The van der Waals surface area contributed by atoms with E-state index in [1.807, 2.05) is 33.0 Å². The third kappa shape index (κ3) is 9.59. The first-order chi connectivity index (χ1) is 30.5. The minimum absolute atomic E-state index is 0.114. The van der Waals surface area contributed by atoms with Gasteiger partial charge in [0.1, 0.15) is 23.8 Å². The first kappa shape index (κ1) is 46.8. The molecule has 3 saturated heterocycles. The zero-order valence-electron chi connectivity index (χ0n) is 38.9. The minimum Gasteiger partial charge on any atom is -0.464 e. The molecule has 7 atom stereocenters. The lowest BCUT2D eigenvalue weighted by Gasteiger charge is -2.37. The average molecular weight is 882 g/mol. The van der Waals surface area contributed by atoms with Gasteiger partial charge >= 0.3 is 5.97 Å². The van der Waals surface area contributed by atoms with E-state index < -0.39 is 41.3 Å². The molecule has 3 aromatic heterocycles. The fraction of sp³-hybridized carbons (Fsp3) is 0.604. The summed E-state index contributed by atoms with van der Waals surface area (Å²) in [5.41, 5.74) is 8.56. The quantitative estimate of drug-likeness (QED) is 0.221. The maximum Gasteiger partial charge on any atom is 0.324 e. The molecule has 0 radical (unpaired) electrons. The molecule has 16 heteroatoms. The van der Waals surface area contributed by atoms with Gasteiger partial charge in [0, 0.05) is 82.2 Å². The van der Waals surface area contributed by atoms with Crippen LogP contribution in [0.5, 0.6) is 0 Å². The van der Waals surface area contributed by atoms with Crippen LogP contribution >= 0.6 is 0 Å². The highest BCUT2D eigenvalue weighted by atomic mass is 16.5.